The summed E-state index contributed by atoms with van der Waals surface area (Å²) in [5.74, 6) is -2.82. The van der Waals surface area contributed by atoms with Crippen LogP contribution in [-0.2, 0) is 4.79 Å². The number of alkyl halides is 3. The van der Waals surface area contributed by atoms with Gasteiger partial charge in [-0.25, -0.2) is 9.69 Å². The first kappa shape index (κ1) is 18.2. The minimum absolute atomic E-state index is 0.0446. The number of hydrogen-bond donors (Lipinski definition) is 2. The number of urea groups is 1. The zero-order valence-electron chi connectivity index (χ0n) is 12.6. The SMILES string of the molecule is O=C(NC1(C(F)(F)F)NC(=O)N(c2cccc(Cl)c2)C1=O)c1cccs1. The summed E-state index contributed by atoms with van der Waals surface area (Å²) in [4.78, 5) is 37.1. The predicted octanol–water partition coefficient (Wildman–Crippen LogP) is 3.15. The summed E-state index contributed by atoms with van der Waals surface area (Å²) in [7, 11) is 0. The highest BCUT2D eigenvalue weighted by molar-refractivity contribution is 7.12. The number of anilines is 1. The van der Waals surface area contributed by atoms with Crippen molar-refractivity contribution in [2.45, 2.75) is 11.8 Å². The van der Waals surface area contributed by atoms with Crippen molar-refractivity contribution in [3.63, 3.8) is 0 Å². The van der Waals surface area contributed by atoms with Crippen LogP contribution in [0.3, 0.4) is 0 Å². The summed E-state index contributed by atoms with van der Waals surface area (Å²) in [6.45, 7) is 0. The molecule has 1 aliphatic rings. The fraction of sp³-hybridized carbons (Fsp3) is 0.133. The van der Waals surface area contributed by atoms with Gasteiger partial charge in [-0.3, -0.25) is 14.9 Å². The number of nitrogens with one attached hydrogen (secondary N) is 2. The van der Waals surface area contributed by atoms with Gasteiger partial charge in [-0.1, -0.05) is 23.7 Å². The van der Waals surface area contributed by atoms with Gasteiger partial charge < -0.3 is 5.32 Å². The van der Waals surface area contributed by atoms with E-state index in [1.807, 2.05) is 0 Å². The zero-order valence-corrected chi connectivity index (χ0v) is 14.2. The summed E-state index contributed by atoms with van der Waals surface area (Å²) in [6, 6.07) is 6.63. The van der Waals surface area contributed by atoms with Gasteiger partial charge in [-0.2, -0.15) is 13.2 Å². The Kier molecular flexibility index (Phi) is 4.41. The summed E-state index contributed by atoms with van der Waals surface area (Å²) in [5.41, 5.74) is -3.73. The Morgan fingerprint density at radius 2 is 1.96 bits per heavy atom. The Balaban J connectivity index is 2.02. The van der Waals surface area contributed by atoms with E-state index in [2.05, 4.69) is 0 Å². The maximum atomic E-state index is 13.7. The topological polar surface area (TPSA) is 78.5 Å². The number of benzene rings is 1. The lowest BCUT2D eigenvalue weighted by Gasteiger charge is -2.29. The number of carbonyl (C=O) groups excluding carboxylic acids is 3. The monoisotopic (exact) mass is 403 g/mol. The van der Waals surface area contributed by atoms with Crippen LogP contribution in [0, 0.1) is 0 Å². The van der Waals surface area contributed by atoms with Gasteiger partial charge in [0, 0.05) is 5.02 Å². The number of nitrogens with zero attached hydrogens (tertiary/aromatic N) is 1. The molecule has 11 heteroatoms. The van der Waals surface area contributed by atoms with E-state index in [-0.39, 0.29) is 20.5 Å². The summed E-state index contributed by atoms with van der Waals surface area (Å²) in [5, 5.41) is 4.79. The first-order valence-electron chi connectivity index (χ1n) is 7.01. The molecule has 0 aliphatic carbocycles. The van der Waals surface area contributed by atoms with Gasteiger partial charge in [0.1, 0.15) is 0 Å². The molecule has 0 radical (unpaired) electrons. The maximum Gasteiger partial charge on any atom is 0.440 e. The Morgan fingerprint density at radius 3 is 2.54 bits per heavy atom. The third kappa shape index (κ3) is 2.90. The second-order valence-corrected chi connectivity index (χ2v) is 6.61. The minimum atomic E-state index is -5.28. The largest absolute Gasteiger partial charge is 0.440 e. The van der Waals surface area contributed by atoms with Crippen LogP contribution in [0.25, 0.3) is 0 Å². The predicted molar refractivity (Wildman–Crippen MR) is 88.0 cm³/mol. The van der Waals surface area contributed by atoms with Crippen LogP contribution in [0.4, 0.5) is 23.7 Å². The average molecular weight is 404 g/mol. The molecular weight excluding hydrogens is 395 g/mol. The fourth-order valence-electron chi connectivity index (χ4n) is 2.37. The fourth-order valence-corrected chi connectivity index (χ4v) is 3.17. The molecule has 2 heterocycles. The van der Waals surface area contributed by atoms with Gasteiger partial charge in [0.2, 0.25) is 0 Å². The van der Waals surface area contributed by atoms with Crippen LogP contribution < -0.4 is 15.5 Å². The number of amides is 4. The molecule has 1 aliphatic heterocycles. The van der Waals surface area contributed by atoms with Crippen LogP contribution in [0.2, 0.25) is 5.02 Å². The normalized spacial score (nSPS) is 20.2. The molecule has 4 amide bonds. The Hall–Kier alpha value is -2.59. The quantitative estimate of drug-likeness (QED) is 0.773. The van der Waals surface area contributed by atoms with Crippen molar-refractivity contribution in [2.75, 3.05) is 4.90 Å². The lowest BCUT2D eigenvalue weighted by Crippen LogP contribution is -2.69. The average Bonchev–Trinajstić information content (AvgIpc) is 3.15. The Labute approximate surface area is 153 Å². The second-order valence-electron chi connectivity index (χ2n) is 5.23. The molecular formula is C15H9ClF3N3O3S. The number of rotatable bonds is 3. The number of imide groups is 1. The summed E-state index contributed by atoms with van der Waals surface area (Å²) >= 11 is 6.66. The molecule has 136 valence electrons. The third-order valence-corrected chi connectivity index (χ3v) is 4.66. The first-order valence-corrected chi connectivity index (χ1v) is 8.26. The van der Waals surface area contributed by atoms with Crippen molar-refractivity contribution in [1.29, 1.82) is 0 Å². The van der Waals surface area contributed by atoms with E-state index < -0.39 is 29.7 Å². The smallest absolute Gasteiger partial charge is 0.313 e. The number of halogens is 4. The van der Waals surface area contributed by atoms with E-state index in [1.54, 1.807) is 10.6 Å². The highest BCUT2D eigenvalue weighted by Gasteiger charge is 2.69. The molecule has 0 saturated carbocycles. The molecule has 1 unspecified atom stereocenters. The van der Waals surface area contributed by atoms with Crippen molar-refractivity contribution in [3.05, 3.63) is 51.7 Å². The summed E-state index contributed by atoms with van der Waals surface area (Å²) < 4.78 is 41.1. The van der Waals surface area contributed by atoms with E-state index in [1.165, 1.54) is 35.7 Å². The van der Waals surface area contributed by atoms with Gasteiger partial charge in [-0.15, -0.1) is 11.3 Å². The van der Waals surface area contributed by atoms with Gasteiger partial charge in [0.15, 0.2) is 0 Å². The summed E-state index contributed by atoms with van der Waals surface area (Å²) in [6.07, 6.45) is -5.28. The van der Waals surface area contributed by atoms with Gasteiger partial charge >= 0.3 is 12.2 Å². The van der Waals surface area contributed by atoms with Crippen LogP contribution in [0.1, 0.15) is 9.67 Å². The van der Waals surface area contributed by atoms with E-state index in [0.717, 1.165) is 17.4 Å². The van der Waals surface area contributed by atoms with E-state index in [0.29, 0.717) is 0 Å². The Bertz CT molecular complexity index is 888. The molecule has 1 aromatic carbocycles. The van der Waals surface area contributed by atoms with E-state index in [4.69, 9.17) is 11.6 Å². The highest BCUT2D eigenvalue weighted by Crippen LogP contribution is 2.36. The molecule has 0 spiro atoms. The zero-order chi connectivity index (χ0) is 19.1. The van der Waals surface area contributed by atoms with Gasteiger partial charge in [0.25, 0.3) is 17.5 Å². The van der Waals surface area contributed by atoms with Crippen LogP contribution >= 0.6 is 22.9 Å². The van der Waals surface area contributed by atoms with Crippen molar-refractivity contribution in [1.82, 2.24) is 10.6 Å². The van der Waals surface area contributed by atoms with E-state index >= 15 is 0 Å². The molecule has 1 saturated heterocycles. The second kappa shape index (κ2) is 6.29. The molecule has 3 rings (SSSR count). The number of hydrogen-bond acceptors (Lipinski definition) is 4. The van der Waals surface area contributed by atoms with E-state index in [9.17, 15) is 27.6 Å². The molecule has 1 aromatic heterocycles. The van der Waals surface area contributed by atoms with Gasteiger partial charge in [-0.05, 0) is 29.6 Å². The standard InChI is InChI=1S/C15H9ClF3N3O3S/c16-8-3-1-4-9(7-8)22-12(24)14(15(17,18)19,21-13(22)25)20-11(23)10-5-2-6-26-10/h1-7H,(H,20,23)(H,21,25). The number of carbonyl (C=O) groups is 3. The van der Waals surface area contributed by atoms with Crippen molar-refractivity contribution in [3.8, 4) is 0 Å². The molecule has 26 heavy (non-hydrogen) atoms. The third-order valence-electron chi connectivity index (χ3n) is 3.56. The van der Waals surface area contributed by atoms with Crippen molar-refractivity contribution >= 4 is 46.5 Å². The lowest BCUT2D eigenvalue weighted by molar-refractivity contribution is -0.197. The van der Waals surface area contributed by atoms with Gasteiger partial charge in [0.05, 0.1) is 10.6 Å². The Morgan fingerprint density at radius 1 is 1.23 bits per heavy atom. The van der Waals surface area contributed by atoms with Crippen LogP contribution in [0.5, 0.6) is 0 Å². The minimum Gasteiger partial charge on any atom is -0.313 e. The first-order chi connectivity index (χ1) is 12.2. The molecule has 6 nitrogen and oxygen atoms in total. The molecule has 2 N–H and O–H groups in total. The van der Waals surface area contributed by atoms with Crippen LogP contribution in [0.15, 0.2) is 41.8 Å². The lowest BCUT2D eigenvalue weighted by atomic mass is 10.1. The van der Waals surface area contributed by atoms with Crippen molar-refractivity contribution in [2.24, 2.45) is 0 Å². The van der Waals surface area contributed by atoms with Crippen molar-refractivity contribution < 1.29 is 27.6 Å². The maximum absolute atomic E-state index is 13.7. The highest BCUT2D eigenvalue weighted by atomic mass is 35.5. The number of thiophene rings is 1. The molecule has 1 fully saturated rings. The molecule has 1 atom stereocenters. The van der Waals surface area contributed by atoms with Crippen LogP contribution in [-0.4, -0.2) is 29.7 Å². The molecule has 0 bridgehead atoms. The molecule has 2 aromatic rings.